The molecule has 1 aromatic rings. The van der Waals surface area contributed by atoms with Crippen LogP contribution in [-0.2, 0) is 6.54 Å². The van der Waals surface area contributed by atoms with E-state index in [2.05, 4.69) is 26.3 Å². The van der Waals surface area contributed by atoms with E-state index in [9.17, 15) is 18.0 Å². The summed E-state index contributed by atoms with van der Waals surface area (Å²) in [6, 6.07) is 0. The summed E-state index contributed by atoms with van der Waals surface area (Å²) in [5, 5.41) is 6.38. The molecule has 110 valence electrons. The first-order valence-electron chi connectivity index (χ1n) is 6.43. The first-order valence-corrected chi connectivity index (χ1v) is 7.22. The molecule has 0 spiro atoms. The predicted octanol–water partition coefficient (Wildman–Crippen LogP) is 2.92. The van der Waals surface area contributed by atoms with Crippen molar-refractivity contribution in [2.45, 2.75) is 43.9 Å². The lowest BCUT2D eigenvalue weighted by atomic mass is 10.2. The average Bonchev–Trinajstić information content (AvgIpc) is 3.22. The summed E-state index contributed by atoms with van der Waals surface area (Å²) in [6.45, 7) is 0.530. The van der Waals surface area contributed by atoms with E-state index in [-0.39, 0.29) is 28.6 Å². The quantitative estimate of drug-likeness (QED) is 0.907. The molecule has 0 atom stereocenters. The van der Waals surface area contributed by atoms with Crippen LogP contribution < -0.4 is 10.9 Å². The van der Waals surface area contributed by atoms with Gasteiger partial charge in [0, 0.05) is 6.54 Å². The first-order chi connectivity index (χ1) is 9.32. The van der Waals surface area contributed by atoms with Crippen molar-refractivity contribution in [3.63, 3.8) is 0 Å². The number of nitrogens with zero attached hydrogens (tertiary/aromatic N) is 2. The predicted molar refractivity (Wildman–Crippen MR) is 70.6 cm³/mol. The molecule has 2 aliphatic carbocycles. The number of rotatable bonds is 4. The van der Waals surface area contributed by atoms with Gasteiger partial charge in [-0.15, -0.1) is 0 Å². The number of halogens is 4. The van der Waals surface area contributed by atoms with Crippen LogP contribution in [0, 0.1) is 5.92 Å². The molecule has 20 heavy (non-hydrogen) atoms. The molecule has 0 amide bonds. The highest BCUT2D eigenvalue weighted by atomic mass is 79.9. The van der Waals surface area contributed by atoms with Crippen LogP contribution in [-0.4, -0.2) is 21.5 Å². The van der Waals surface area contributed by atoms with Gasteiger partial charge in [0.2, 0.25) is 0 Å². The lowest BCUT2D eigenvalue weighted by molar-refractivity contribution is -0.151. The minimum absolute atomic E-state index is 0.0219. The van der Waals surface area contributed by atoms with Gasteiger partial charge in [0.05, 0.1) is 11.9 Å². The van der Waals surface area contributed by atoms with E-state index in [1.165, 1.54) is 10.9 Å². The van der Waals surface area contributed by atoms with Crippen LogP contribution in [0.2, 0.25) is 0 Å². The Kier molecular flexibility index (Phi) is 3.11. The minimum atomic E-state index is -4.32. The van der Waals surface area contributed by atoms with Gasteiger partial charge in [-0.25, -0.2) is 4.68 Å². The molecule has 2 fully saturated rings. The smallest absolute Gasteiger partial charge is 0.369 e. The van der Waals surface area contributed by atoms with Gasteiger partial charge in [0.1, 0.15) is 10.0 Å². The van der Waals surface area contributed by atoms with Gasteiger partial charge in [0.15, 0.2) is 0 Å². The van der Waals surface area contributed by atoms with Crippen LogP contribution in [0.25, 0.3) is 0 Å². The molecule has 0 unspecified atom stereocenters. The summed E-state index contributed by atoms with van der Waals surface area (Å²) in [6.07, 6.45) is -0.844. The Labute approximate surface area is 121 Å². The highest BCUT2D eigenvalue weighted by Crippen LogP contribution is 2.51. The van der Waals surface area contributed by atoms with Crippen molar-refractivity contribution >= 4 is 21.6 Å². The van der Waals surface area contributed by atoms with E-state index in [0.29, 0.717) is 12.5 Å². The Morgan fingerprint density at radius 3 is 2.60 bits per heavy atom. The molecule has 1 heterocycles. The van der Waals surface area contributed by atoms with Gasteiger partial charge < -0.3 is 5.32 Å². The fraction of sp³-hybridized carbons (Fsp3) is 0.667. The maximum atomic E-state index is 12.9. The Balaban J connectivity index is 1.84. The van der Waals surface area contributed by atoms with Gasteiger partial charge in [-0.2, -0.15) is 18.3 Å². The van der Waals surface area contributed by atoms with Gasteiger partial charge in [-0.1, -0.05) is 0 Å². The van der Waals surface area contributed by atoms with Gasteiger partial charge in [0.25, 0.3) is 5.56 Å². The van der Waals surface area contributed by atoms with Gasteiger partial charge in [-0.05, 0) is 47.5 Å². The zero-order valence-electron chi connectivity index (χ0n) is 10.5. The normalized spacial score (nSPS) is 20.8. The summed E-state index contributed by atoms with van der Waals surface area (Å²) >= 11 is 3.09. The van der Waals surface area contributed by atoms with E-state index in [4.69, 9.17) is 0 Å². The van der Waals surface area contributed by atoms with Gasteiger partial charge in [-0.3, -0.25) is 4.79 Å². The Bertz CT molecular complexity index is 591. The van der Waals surface area contributed by atoms with Crippen LogP contribution in [0.3, 0.4) is 0 Å². The molecule has 1 aromatic heterocycles. The van der Waals surface area contributed by atoms with Crippen molar-refractivity contribution in [2.24, 2.45) is 5.92 Å². The van der Waals surface area contributed by atoms with E-state index in [1.54, 1.807) is 0 Å². The Morgan fingerprint density at radius 2 is 2.10 bits per heavy atom. The van der Waals surface area contributed by atoms with E-state index in [0.717, 1.165) is 12.8 Å². The molecular weight excluding hydrogens is 339 g/mol. The minimum Gasteiger partial charge on any atom is -0.369 e. The third-order valence-electron chi connectivity index (χ3n) is 3.78. The first kappa shape index (κ1) is 13.9. The third kappa shape index (κ3) is 2.45. The number of nitrogens with one attached hydrogen (secondary N) is 1. The highest BCUT2D eigenvalue weighted by Gasteiger charge is 2.63. The van der Waals surface area contributed by atoms with E-state index >= 15 is 0 Å². The monoisotopic (exact) mass is 351 g/mol. The van der Waals surface area contributed by atoms with E-state index < -0.39 is 11.7 Å². The standard InChI is InChI=1S/C12H13BrF3N3O/c13-9-8(18-11(3-4-11)12(14,15)16)5-17-19(10(9)20)6-7-1-2-7/h5,7,18H,1-4,6H2. The second-order valence-electron chi connectivity index (χ2n) is 5.51. The van der Waals surface area contributed by atoms with Crippen LogP contribution in [0.5, 0.6) is 0 Å². The molecule has 8 heteroatoms. The van der Waals surface area contributed by atoms with Crippen molar-refractivity contribution < 1.29 is 13.2 Å². The van der Waals surface area contributed by atoms with Crippen molar-refractivity contribution in [3.8, 4) is 0 Å². The third-order valence-corrected chi connectivity index (χ3v) is 4.55. The van der Waals surface area contributed by atoms with Crippen LogP contribution in [0.15, 0.2) is 15.5 Å². The zero-order chi connectivity index (χ0) is 14.5. The number of anilines is 1. The summed E-state index contributed by atoms with van der Waals surface area (Å²) in [5.41, 5.74) is -2.18. The van der Waals surface area contributed by atoms with Crippen LogP contribution in [0.1, 0.15) is 25.7 Å². The van der Waals surface area contributed by atoms with Crippen molar-refractivity contribution in [2.75, 3.05) is 5.32 Å². The number of hydrogen-bond donors (Lipinski definition) is 1. The van der Waals surface area contributed by atoms with Crippen LogP contribution >= 0.6 is 15.9 Å². The summed E-state index contributed by atoms with van der Waals surface area (Å²) in [5.74, 6) is 0.468. The zero-order valence-corrected chi connectivity index (χ0v) is 12.1. The largest absolute Gasteiger partial charge is 0.411 e. The maximum Gasteiger partial charge on any atom is 0.411 e. The number of aromatic nitrogens is 2. The average molecular weight is 352 g/mol. The maximum absolute atomic E-state index is 12.9. The van der Waals surface area contributed by atoms with Crippen molar-refractivity contribution in [1.82, 2.24) is 9.78 Å². The lowest BCUT2D eigenvalue weighted by Gasteiger charge is -2.22. The Hall–Kier alpha value is -1.05. The van der Waals surface area contributed by atoms with E-state index in [1.807, 2.05) is 0 Å². The molecule has 0 aliphatic heterocycles. The molecule has 3 rings (SSSR count). The number of hydrogen-bond acceptors (Lipinski definition) is 3. The molecule has 0 bridgehead atoms. The molecule has 2 aliphatic rings. The molecule has 0 radical (unpaired) electrons. The molecule has 0 aromatic carbocycles. The van der Waals surface area contributed by atoms with Crippen molar-refractivity contribution in [3.05, 3.63) is 21.0 Å². The number of alkyl halides is 3. The summed E-state index contributed by atoms with van der Waals surface area (Å²) in [4.78, 5) is 12.0. The fourth-order valence-electron chi connectivity index (χ4n) is 2.09. The van der Waals surface area contributed by atoms with Crippen LogP contribution in [0.4, 0.5) is 18.9 Å². The summed E-state index contributed by atoms with van der Waals surface area (Å²) in [7, 11) is 0. The fourth-order valence-corrected chi connectivity index (χ4v) is 2.50. The lowest BCUT2D eigenvalue weighted by Crippen LogP contribution is -2.39. The molecule has 0 saturated heterocycles. The molecular formula is C12H13BrF3N3O. The van der Waals surface area contributed by atoms with Gasteiger partial charge >= 0.3 is 6.18 Å². The second kappa shape index (κ2) is 4.47. The highest BCUT2D eigenvalue weighted by molar-refractivity contribution is 9.10. The van der Waals surface area contributed by atoms with Crippen molar-refractivity contribution in [1.29, 1.82) is 0 Å². The molecule has 1 N–H and O–H groups in total. The second-order valence-corrected chi connectivity index (χ2v) is 6.30. The SMILES string of the molecule is O=c1c(Br)c(NC2(C(F)(F)F)CC2)cnn1CC1CC1. The topological polar surface area (TPSA) is 46.9 Å². The molecule has 4 nitrogen and oxygen atoms in total. The molecule has 2 saturated carbocycles. The summed E-state index contributed by atoms with van der Waals surface area (Å²) < 4.78 is 40.1. The Morgan fingerprint density at radius 1 is 1.45 bits per heavy atom.